The normalized spacial score (nSPS) is 21.1. The SMILES string of the molecule is C#Cc1cc(C[C@@H](CC(=O)N2CCC(N3Cc4sccc4NC3=O)CC2)C(=O)N2CCC(N3CCCN(C)CC3)CC2)cc(Cl)c1N. The Balaban J connectivity index is 1.10. The van der Waals surface area contributed by atoms with Crippen molar-refractivity contribution in [2.24, 2.45) is 5.92 Å². The minimum absolute atomic E-state index is 0.00855. The molecule has 0 unspecified atom stereocenters. The molecule has 4 aliphatic heterocycles. The molecule has 6 rings (SSSR count). The molecule has 4 amide bonds. The number of hydrogen-bond acceptors (Lipinski definition) is 7. The van der Waals surface area contributed by atoms with Gasteiger partial charge in [-0.2, -0.15) is 0 Å². The zero-order valence-electron chi connectivity index (χ0n) is 27.3. The Labute approximate surface area is 287 Å². The van der Waals surface area contributed by atoms with Crippen molar-refractivity contribution in [3.63, 3.8) is 0 Å². The molecule has 3 fully saturated rings. The van der Waals surface area contributed by atoms with Gasteiger partial charge < -0.3 is 30.7 Å². The van der Waals surface area contributed by atoms with Crippen LogP contribution < -0.4 is 11.1 Å². The number of thiophene rings is 1. The van der Waals surface area contributed by atoms with Gasteiger partial charge in [-0.15, -0.1) is 17.8 Å². The van der Waals surface area contributed by atoms with E-state index in [0.29, 0.717) is 74.3 Å². The Hall–Kier alpha value is -3.30. The van der Waals surface area contributed by atoms with Crippen molar-refractivity contribution in [2.45, 2.75) is 63.6 Å². The summed E-state index contributed by atoms with van der Waals surface area (Å²) in [6, 6.07) is 5.98. The molecule has 1 aromatic heterocycles. The second-order valence-electron chi connectivity index (χ2n) is 13.5. The average Bonchev–Trinajstić information content (AvgIpc) is 3.42. The summed E-state index contributed by atoms with van der Waals surface area (Å²) in [4.78, 5) is 52.6. The summed E-state index contributed by atoms with van der Waals surface area (Å²) in [5, 5.41) is 5.35. The Morgan fingerprint density at radius 3 is 2.51 bits per heavy atom. The summed E-state index contributed by atoms with van der Waals surface area (Å²) < 4.78 is 0. The molecule has 3 N–H and O–H groups in total. The number of hydrogen-bond donors (Lipinski definition) is 2. The lowest BCUT2D eigenvalue weighted by Crippen LogP contribution is -2.51. The minimum Gasteiger partial charge on any atom is -0.397 e. The van der Waals surface area contributed by atoms with Gasteiger partial charge in [-0.3, -0.25) is 14.5 Å². The van der Waals surface area contributed by atoms with Crippen LogP contribution in [0.5, 0.6) is 0 Å². The van der Waals surface area contributed by atoms with E-state index in [4.69, 9.17) is 23.8 Å². The molecule has 1 aromatic carbocycles. The van der Waals surface area contributed by atoms with Gasteiger partial charge in [0.15, 0.2) is 0 Å². The van der Waals surface area contributed by atoms with Crippen LogP contribution in [-0.4, -0.2) is 114 Å². The zero-order valence-corrected chi connectivity index (χ0v) is 28.8. The highest BCUT2D eigenvalue weighted by Crippen LogP contribution is 2.32. The number of rotatable bonds is 7. The predicted octanol–water partition coefficient (Wildman–Crippen LogP) is 4.18. The number of halogens is 1. The van der Waals surface area contributed by atoms with Gasteiger partial charge in [0.1, 0.15) is 0 Å². The van der Waals surface area contributed by atoms with Gasteiger partial charge in [0, 0.05) is 68.2 Å². The largest absolute Gasteiger partial charge is 0.397 e. The highest BCUT2D eigenvalue weighted by molar-refractivity contribution is 7.10. The van der Waals surface area contributed by atoms with Gasteiger partial charge >= 0.3 is 6.03 Å². The van der Waals surface area contributed by atoms with E-state index < -0.39 is 5.92 Å². The smallest absolute Gasteiger partial charge is 0.322 e. The van der Waals surface area contributed by atoms with Crippen LogP contribution in [0.2, 0.25) is 5.02 Å². The first-order valence-corrected chi connectivity index (χ1v) is 18.1. The number of fused-ring (bicyclic) bond motifs is 1. The van der Waals surface area contributed by atoms with Gasteiger partial charge in [0.25, 0.3) is 0 Å². The first-order chi connectivity index (χ1) is 22.7. The quantitative estimate of drug-likeness (QED) is 0.336. The minimum atomic E-state index is -0.543. The van der Waals surface area contributed by atoms with E-state index in [2.05, 4.69) is 28.1 Å². The predicted molar refractivity (Wildman–Crippen MR) is 187 cm³/mol. The fourth-order valence-electron chi connectivity index (χ4n) is 7.63. The lowest BCUT2D eigenvalue weighted by molar-refractivity contribution is -0.143. The Morgan fingerprint density at radius 1 is 1.04 bits per heavy atom. The molecule has 10 nitrogen and oxygen atoms in total. The molecule has 5 heterocycles. The van der Waals surface area contributed by atoms with Crippen LogP contribution in [-0.2, 0) is 22.6 Å². The molecule has 4 aliphatic rings. The molecule has 0 bridgehead atoms. The van der Waals surface area contributed by atoms with Crippen molar-refractivity contribution in [3.05, 3.63) is 44.6 Å². The number of nitrogens with two attached hydrogens (primary N) is 1. The number of anilines is 2. The number of likely N-dealkylation sites (tertiary alicyclic amines) is 2. The second kappa shape index (κ2) is 14.9. The standard InChI is InChI=1S/C35H46ClN7O3S/c1-3-25-19-24(21-29(36)33(25)37)20-26(34(45)42-14-5-27(6-15-42)40-11-4-10-39(2)16-17-40)22-32(44)41-12-7-28(8-13-41)43-23-31-30(9-18-47-31)38-35(43)46/h1,9,18-19,21,26-28H,4-8,10-17,20,22-23,37H2,2H3,(H,38,46)/t26-/m0/s1. The lowest BCUT2D eigenvalue weighted by Gasteiger charge is -2.41. The Bertz CT molecular complexity index is 1510. The average molecular weight is 680 g/mol. The maximum Gasteiger partial charge on any atom is 0.322 e. The van der Waals surface area contributed by atoms with E-state index in [1.807, 2.05) is 32.2 Å². The first kappa shape index (κ1) is 33.6. The number of terminal acetylenes is 1. The summed E-state index contributed by atoms with van der Waals surface area (Å²) in [6.07, 6.45) is 10.6. The number of urea groups is 1. The van der Waals surface area contributed by atoms with Gasteiger partial charge in [-0.25, -0.2) is 4.79 Å². The van der Waals surface area contributed by atoms with Crippen LogP contribution in [0.15, 0.2) is 23.6 Å². The monoisotopic (exact) mass is 679 g/mol. The molecule has 0 radical (unpaired) electrons. The summed E-state index contributed by atoms with van der Waals surface area (Å²) in [5.41, 5.74) is 8.62. The molecule has 12 heteroatoms. The fourth-order valence-corrected chi connectivity index (χ4v) is 8.70. The number of benzene rings is 1. The summed E-state index contributed by atoms with van der Waals surface area (Å²) in [5.74, 6) is 2.03. The highest BCUT2D eigenvalue weighted by atomic mass is 35.5. The van der Waals surface area contributed by atoms with Crippen LogP contribution >= 0.6 is 22.9 Å². The van der Waals surface area contributed by atoms with E-state index in [-0.39, 0.29) is 30.3 Å². The molecule has 47 heavy (non-hydrogen) atoms. The van der Waals surface area contributed by atoms with Crippen LogP contribution in [0.1, 0.15) is 54.5 Å². The van der Waals surface area contributed by atoms with Crippen molar-refractivity contribution < 1.29 is 14.4 Å². The number of nitrogen functional groups attached to an aromatic ring is 1. The number of nitrogens with one attached hydrogen (secondary N) is 1. The van der Waals surface area contributed by atoms with E-state index in [1.165, 1.54) is 6.42 Å². The Morgan fingerprint density at radius 2 is 1.77 bits per heavy atom. The van der Waals surface area contributed by atoms with Crippen molar-refractivity contribution >= 4 is 52.2 Å². The number of likely N-dealkylation sites (N-methyl/N-ethyl adjacent to an activating group) is 1. The number of nitrogens with zero attached hydrogens (tertiary/aromatic N) is 5. The van der Waals surface area contributed by atoms with Gasteiger partial charge in [0.2, 0.25) is 11.8 Å². The molecule has 0 aliphatic carbocycles. The van der Waals surface area contributed by atoms with E-state index in [1.54, 1.807) is 17.4 Å². The molecule has 0 saturated carbocycles. The number of amides is 4. The van der Waals surface area contributed by atoms with E-state index in [0.717, 1.165) is 55.1 Å². The molecule has 3 saturated heterocycles. The summed E-state index contributed by atoms with van der Waals surface area (Å²) >= 11 is 8.07. The fraction of sp³-hybridized carbons (Fsp3) is 0.571. The molecule has 1 atom stereocenters. The number of carbonyl (C=O) groups excluding carboxylic acids is 3. The van der Waals surface area contributed by atoms with E-state index in [9.17, 15) is 14.4 Å². The van der Waals surface area contributed by atoms with Gasteiger partial charge in [-0.05, 0) is 87.8 Å². The third kappa shape index (κ3) is 7.72. The molecule has 0 spiro atoms. The topological polar surface area (TPSA) is 105 Å². The first-order valence-electron chi connectivity index (χ1n) is 16.9. The van der Waals surface area contributed by atoms with Crippen LogP contribution in [0.3, 0.4) is 0 Å². The molecular formula is C35H46ClN7O3S. The summed E-state index contributed by atoms with van der Waals surface area (Å²) in [6.45, 7) is 7.45. The number of carbonyl (C=O) groups is 3. The number of piperidine rings is 2. The molecule has 2 aromatic rings. The van der Waals surface area contributed by atoms with Crippen molar-refractivity contribution in [1.29, 1.82) is 0 Å². The lowest BCUT2D eigenvalue weighted by atomic mass is 9.91. The second-order valence-corrected chi connectivity index (χ2v) is 14.9. The highest BCUT2D eigenvalue weighted by Gasteiger charge is 2.36. The third-order valence-corrected chi connectivity index (χ3v) is 11.7. The summed E-state index contributed by atoms with van der Waals surface area (Å²) in [7, 11) is 2.18. The van der Waals surface area contributed by atoms with Crippen molar-refractivity contribution in [3.8, 4) is 12.3 Å². The van der Waals surface area contributed by atoms with Gasteiger partial charge in [0.05, 0.1) is 28.9 Å². The maximum atomic E-state index is 14.2. The van der Waals surface area contributed by atoms with Crippen molar-refractivity contribution in [1.82, 2.24) is 24.5 Å². The van der Waals surface area contributed by atoms with Gasteiger partial charge in [-0.1, -0.05) is 17.5 Å². The molecular weight excluding hydrogens is 634 g/mol. The van der Waals surface area contributed by atoms with Crippen LogP contribution in [0, 0.1) is 18.3 Å². The van der Waals surface area contributed by atoms with Crippen LogP contribution in [0.25, 0.3) is 0 Å². The molecule has 252 valence electrons. The zero-order chi connectivity index (χ0) is 33.1. The van der Waals surface area contributed by atoms with E-state index >= 15 is 0 Å². The Kier molecular flexibility index (Phi) is 10.6. The maximum absolute atomic E-state index is 14.2. The van der Waals surface area contributed by atoms with Crippen molar-refractivity contribution in [2.75, 3.05) is 70.5 Å². The third-order valence-electron chi connectivity index (χ3n) is 10.5. The van der Waals surface area contributed by atoms with Crippen LogP contribution in [0.4, 0.5) is 16.2 Å².